The van der Waals surface area contributed by atoms with Gasteiger partial charge < -0.3 is 10.8 Å². The number of nitrogens with zero attached hydrogens (tertiary/aromatic N) is 3. The first-order valence-electron chi connectivity index (χ1n) is 4.54. The minimum atomic E-state index is -0.876. The highest BCUT2D eigenvalue weighted by molar-refractivity contribution is 6.30. The lowest BCUT2D eigenvalue weighted by molar-refractivity contribution is 0.149. The third-order valence-electron chi connectivity index (χ3n) is 2.14. The van der Waals surface area contributed by atoms with E-state index in [1.807, 2.05) is 0 Å². The minimum Gasteiger partial charge on any atom is -0.385 e. The monoisotopic (exact) mass is 226 g/mol. The highest BCUT2D eigenvalue weighted by atomic mass is 35.5. The fourth-order valence-electron chi connectivity index (χ4n) is 1.32. The van der Waals surface area contributed by atoms with Gasteiger partial charge >= 0.3 is 0 Å². The average Bonchev–Trinajstić information content (AvgIpc) is 2.56. The van der Waals surface area contributed by atoms with Crippen LogP contribution in [0.1, 0.15) is 18.7 Å². The summed E-state index contributed by atoms with van der Waals surface area (Å²) < 4.78 is 1.46. The molecule has 2 rings (SSSR count). The van der Waals surface area contributed by atoms with Gasteiger partial charge in [0, 0.05) is 12.2 Å². The molecule has 80 valence electrons. The van der Waals surface area contributed by atoms with Crippen LogP contribution in [0.15, 0.2) is 18.3 Å². The van der Waals surface area contributed by atoms with Crippen molar-refractivity contribution in [2.24, 2.45) is 5.73 Å². The molecule has 0 radical (unpaired) electrons. The van der Waals surface area contributed by atoms with Crippen LogP contribution in [0, 0.1) is 0 Å². The molecule has 3 N–H and O–H groups in total. The topological polar surface area (TPSA) is 76.4 Å². The smallest absolute Gasteiger partial charge is 0.157 e. The van der Waals surface area contributed by atoms with E-state index in [1.54, 1.807) is 25.3 Å². The summed E-state index contributed by atoms with van der Waals surface area (Å²) in [6, 6.07) is 3.09. The second-order valence-electron chi connectivity index (χ2n) is 3.39. The molecule has 0 aliphatic rings. The van der Waals surface area contributed by atoms with Gasteiger partial charge in [0.1, 0.15) is 11.8 Å². The van der Waals surface area contributed by atoms with Crippen LogP contribution in [-0.4, -0.2) is 25.7 Å². The second-order valence-corrected chi connectivity index (χ2v) is 3.74. The number of rotatable bonds is 2. The van der Waals surface area contributed by atoms with Gasteiger partial charge in [-0.2, -0.15) is 5.10 Å². The van der Waals surface area contributed by atoms with Crippen LogP contribution in [0.2, 0.25) is 5.15 Å². The number of aromatic nitrogens is 3. The minimum absolute atomic E-state index is 0.301. The largest absolute Gasteiger partial charge is 0.385 e. The summed E-state index contributed by atoms with van der Waals surface area (Å²) in [7, 11) is 0. The van der Waals surface area contributed by atoms with Crippen molar-refractivity contribution in [3.8, 4) is 0 Å². The molecule has 0 aliphatic heterocycles. The van der Waals surface area contributed by atoms with E-state index in [4.69, 9.17) is 17.3 Å². The number of halogens is 1. The normalized spacial score (nSPS) is 15.5. The highest BCUT2D eigenvalue weighted by Crippen LogP contribution is 2.24. The standard InChI is InChI=1S/C9H11ClN4O/c1-5(11)8(15)7-9(10)14-6(13-7)3-2-4-12-14/h2-5,8,15H,11H2,1H3. The maximum absolute atomic E-state index is 9.77. The lowest BCUT2D eigenvalue weighted by Gasteiger charge is -2.11. The van der Waals surface area contributed by atoms with E-state index in [1.165, 1.54) is 4.52 Å². The van der Waals surface area contributed by atoms with Crippen molar-refractivity contribution in [2.75, 3.05) is 0 Å². The molecule has 0 saturated heterocycles. The summed E-state index contributed by atoms with van der Waals surface area (Å²) >= 11 is 6.02. The second kappa shape index (κ2) is 3.77. The van der Waals surface area contributed by atoms with Gasteiger partial charge in [0.25, 0.3) is 0 Å². The van der Waals surface area contributed by atoms with Crippen LogP contribution in [0.3, 0.4) is 0 Å². The van der Waals surface area contributed by atoms with Gasteiger partial charge in [0.05, 0.1) is 0 Å². The molecular formula is C9H11ClN4O. The van der Waals surface area contributed by atoms with Crippen molar-refractivity contribution >= 4 is 17.2 Å². The predicted molar refractivity (Wildman–Crippen MR) is 56.6 cm³/mol. The predicted octanol–water partition coefficient (Wildman–Crippen LogP) is 0.763. The number of aliphatic hydroxyl groups is 1. The molecule has 15 heavy (non-hydrogen) atoms. The van der Waals surface area contributed by atoms with Gasteiger partial charge in [-0.25, -0.2) is 9.50 Å². The third kappa shape index (κ3) is 1.69. The number of hydrogen-bond acceptors (Lipinski definition) is 4. The van der Waals surface area contributed by atoms with Crippen LogP contribution < -0.4 is 5.73 Å². The lowest BCUT2D eigenvalue weighted by Crippen LogP contribution is -2.24. The fraction of sp³-hybridized carbons (Fsp3) is 0.333. The Hall–Kier alpha value is -1.17. The van der Waals surface area contributed by atoms with E-state index in [-0.39, 0.29) is 0 Å². The third-order valence-corrected chi connectivity index (χ3v) is 2.49. The summed E-state index contributed by atoms with van der Waals surface area (Å²) in [4.78, 5) is 4.17. The quantitative estimate of drug-likeness (QED) is 0.793. The summed E-state index contributed by atoms with van der Waals surface area (Å²) in [5.74, 6) is 0. The Labute approximate surface area is 91.5 Å². The number of imidazole rings is 1. The maximum Gasteiger partial charge on any atom is 0.157 e. The molecular weight excluding hydrogens is 216 g/mol. The van der Waals surface area contributed by atoms with Gasteiger partial charge in [-0.05, 0) is 19.1 Å². The van der Waals surface area contributed by atoms with Gasteiger partial charge in [-0.15, -0.1) is 0 Å². The molecule has 0 saturated carbocycles. The zero-order chi connectivity index (χ0) is 11.0. The van der Waals surface area contributed by atoms with Gasteiger partial charge in [0.2, 0.25) is 0 Å². The number of aliphatic hydroxyl groups excluding tert-OH is 1. The zero-order valence-corrected chi connectivity index (χ0v) is 8.89. The van der Waals surface area contributed by atoms with Crippen molar-refractivity contribution in [2.45, 2.75) is 19.1 Å². The molecule has 6 heteroatoms. The van der Waals surface area contributed by atoms with Crippen molar-refractivity contribution in [1.82, 2.24) is 14.6 Å². The summed E-state index contributed by atoms with van der Waals surface area (Å²) in [6.45, 7) is 1.69. The lowest BCUT2D eigenvalue weighted by atomic mass is 10.1. The molecule has 0 bridgehead atoms. The van der Waals surface area contributed by atoms with Crippen LogP contribution in [0.4, 0.5) is 0 Å². The fourth-order valence-corrected chi connectivity index (χ4v) is 1.60. The molecule has 2 unspecified atom stereocenters. The molecule has 2 atom stereocenters. The van der Waals surface area contributed by atoms with E-state index in [0.29, 0.717) is 16.5 Å². The van der Waals surface area contributed by atoms with Gasteiger partial charge in [0.15, 0.2) is 10.8 Å². The van der Waals surface area contributed by atoms with Crippen molar-refractivity contribution in [1.29, 1.82) is 0 Å². The van der Waals surface area contributed by atoms with Crippen LogP contribution in [-0.2, 0) is 0 Å². The van der Waals surface area contributed by atoms with Crippen molar-refractivity contribution < 1.29 is 5.11 Å². The van der Waals surface area contributed by atoms with Crippen LogP contribution in [0.5, 0.6) is 0 Å². The molecule has 0 amide bonds. The Balaban J connectivity index is 2.58. The van der Waals surface area contributed by atoms with Crippen molar-refractivity contribution in [3.05, 3.63) is 29.2 Å². The van der Waals surface area contributed by atoms with Gasteiger partial charge in [-0.1, -0.05) is 11.6 Å². The summed E-state index contributed by atoms with van der Waals surface area (Å²) in [5, 5.41) is 14.1. The summed E-state index contributed by atoms with van der Waals surface area (Å²) in [5.41, 5.74) is 6.54. The Morgan fingerprint density at radius 2 is 2.33 bits per heavy atom. The molecule has 0 spiro atoms. The molecule has 0 aromatic carbocycles. The molecule has 2 aromatic heterocycles. The number of nitrogens with two attached hydrogens (primary N) is 1. The van der Waals surface area contributed by atoms with E-state index >= 15 is 0 Å². The van der Waals surface area contributed by atoms with Gasteiger partial charge in [-0.3, -0.25) is 0 Å². The Morgan fingerprint density at radius 1 is 1.60 bits per heavy atom. The Morgan fingerprint density at radius 3 is 2.93 bits per heavy atom. The Kier molecular flexibility index (Phi) is 2.60. The highest BCUT2D eigenvalue weighted by Gasteiger charge is 2.21. The van der Waals surface area contributed by atoms with Crippen molar-refractivity contribution in [3.63, 3.8) is 0 Å². The molecule has 2 aromatic rings. The molecule has 2 heterocycles. The Bertz CT molecular complexity index is 482. The first-order chi connectivity index (χ1) is 7.11. The number of fused-ring (bicyclic) bond motifs is 1. The van der Waals surface area contributed by atoms with Crippen LogP contribution in [0.25, 0.3) is 5.65 Å². The van der Waals surface area contributed by atoms with E-state index in [2.05, 4.69) is 10.1 Å². The maximum atomic E-state index is 9.77. The molecule has 5 nitrogen and oxygen atoms in total. The van der Waals surface area contributed by atoms with Crippen LogP contribution >= 0.6 is 11.6 Å². The zero-order valence-electron chi connectivity index (χ0n) is 8.13. The molecule has 0 aliphatic carbocycles. The van der Waals surface area contributed by atoms with E-state index < -0.39 is 12.1 Å². The number of hydrogen-bond donors (Lipinski definition) is 2. The van der Waals surface area contributed by atoms with E-state index in [0.717, 1.165) is 0 Å². The first-order valence-corrected chi connectivity index (χ1v) is 4.92. The molecule has 0 fully saturated rings. The SMILES string of the molecule is CC(N)C(O)c1nc2cccnn2c1Cl. The average molecular weight is 227 g/mol. The van der Waals surface area contributed by atoms with E-state index in [9.17, 15) is 5.11 Å². The summed E-state index contributed by atoms with van der Waals surface area (Å²) in [6.07, 6.45) is 0.724. The first kappa shape index (κ1) is 10.4.